The molecule has 6 heteroatoms. The molecule has 0 aliphatic heterocycles. The Morgan fingerprint density at radius 1 is 1.53 bits per heavy atom. The van der Waals surface area contributed by atoms with Gasteiger partial charge in [0.05, 0.1) is 5.56 Å². The van der Waals surface area contributed by atoms with Gasteiger partial charge in [-0.05, 0) is 18.6 Å². The van der Waals surface area contributed by atoms with E-state index < -0.39 is 18.5 Å². The fraction of sp³-hybridized carbons (Fsp3) is 0.222. The van der Waals surface area contributed by atoms with E-state index >= 15 is 0 Å². The first-order valence-corrected chi connectivity index (χ1v) is 4.15. The van der Waals surface area contributed by atoms with Crippen LogP contribution < -0.4 is 5.48 Å². The Balaban J connectivity index is 2.50. The van der Waals surface area contributed by atoms with Crippen molar-refractivity contribution in [2.24, 2.45) is 0 Å². The molecule has 2 N–H and O–H groups in total. The summed E-state index contributed by atoms with van der Waals surface area (Å²) in [6, 6.07) is 1.62. The summed E-state index contributed by atoms with van der Waals surface area (Å²) in [7, 11) is 0. The Labute approximate surface area is 85.8 Å². The van der Waals surface area contributed by atoms with Gasteiger partial charge >= 0.3 is 5.97 Å². The zero-order valence-corrected chi connectivity index (χ0v) is 8.06. The summed E-state index contributed by atoms with van der Waals surface area (Å²) in [6.07, 6.45) is 2.97. The lowest BCUT2D eigenvalue weighted by Crippen LogP contribution is -2.26. The number of rotatable bonds is 4. The minimum absolute atomic E-state index is 0.320. The number of amides is 1. The van der Waals surface area contributed by atoms with Gasteiger partial charge in [-0.2, -0.15) is 0 Å². The maximum absolute atomic E-state index is 11.3. The molecule has 1 aromatic rings. The van der Waals surface area contributed by atoms with Gasteiger partial charge in [-0.15, -0.1) is 0 Å². The Morgan fingerprint density at radius 3 is 2.87 bits per heavy atom. The number of hydroxylamine groups is 1. The molecule has 1 rings (SSSR count). The van der Waals surface area contributed by atoms with Gasteiger partial charge in [-0.25, -0.2) is 10.3 Å². The molecule has 15 heavy (non-hydrogen) atoms. The van der Waals surface area contributed by atoms with E-state index in [1.165, 1.54) is 6.20 Å². The van der Waals surface area contributed by atoms with Crippen LogP contribution in [-0.4, -0.2) is 28.6 Å². The van der Waals surface area contributed by atoms with Gasteiger partial charge in [0.15, 0.2) is 6.61 Å². The number of aryl methyl sites for hydroxylation is 1. The Morgan fingerprint density at radius 2 is 2.27 bits per heavy atom. The standard InChI is InChI=1S/C9H10N2O4/c1-6-2-7(4-10-3-6)9(14)11-15-5-8(12)13/h2-4H,5H2,1H3,(H,11,14)(H,12,13). The van der Waals surface area contributed by atoms with Crippen molar-refractivity contribution >= 4 is 11.9 Å². The van der Waals surface area contributed by atoms with Crippen molar-refractivity contribution in [2.75, 3.05) is 6.61 Å². The highest BCUT2D eigenvalue weighted by molar-refractivity contribution is 5.93. The number of carboxylic acid groups (broad SMARTS) is 1. The van der Waals surface area contributed by atoms with E-state index in [9.17, 15) is 9.59 Å². The first-order valence-electron chi connectivity index (χ1n) is 4.15. The highest BCUT2D eigenvalue weighted by atomic mass is 16.7. The van der Waals surface area contributed by atoms with Crippen LogP contribution in [0.1, 0.15) is 15.9 Å². The van der Waals surface area contributed by atoms with Crippen molar-refractivity contribution in [1.82, 2.24) is 10.5 Å². The third-order valence-corrected chi connectivity index (χ3v) is 1.50. The largest absolute Gasteiger partial charge is 0.479 e. The van der Waals surface area contributed by atoms with E-state index in [1.807, 2.05) is 5.48 Å². The van der Waals surface area contributed by atoms with Crippen LogP contribution in [0, 0.1) is 6.92 Å². The van der Waals surface area contributed by atoms with Gasteiger partial charge in [0.25, 0.3) is 5.91 Å². The summed E-state index contributed by atoms with van der Waals surface area (Å²) < 4.78 is 0. The molecule has 0 fully saturated rings. The molecule has 0 spiro atoms. The second-order valence-corrected chi connectivity index (χ2v) is 2.86. The number of nitrogens with one attached hydrogen (secondary N) is 1. The van der Waals surface area contributed by atoms with Gasteiger partial charge in [0, 0.05) is 12.4 Å². The van der Waals surface area contributed by atoms with Gasteiger partial charge < -0.3 is 5.11 Å². The summed E-state index contributed by atoms with van der Waals surface area (Å²) >= 11 is 0. The van der Waals surface area contributed by atoms with E-state index in [1.54, 1.807) is 19.2 Å². The molecular weight excluding hydrogens is 200 g/mol. The number of carbonyl (C=O) groups excluding carboxylic acids is 1. The molecule has 1 amide bonds. The minimum atomic E-state index is -1.15. The van der Waals surface area contributed by atoms with Crippen LogP contribution in [0.3, 0.4) is 0 Å². The molecule has 6 nitrogen and oxygen atoms in total. The van der Waals surface area contributed by atoms with Crippen LogP contribution in [0.4, 0.5) is 0 Å². The van der Waals surface area contributed by atoms with E-state index in [2.05, 4.69) is 9.82 Å². The molecule has 0 radical (unpaired) electrons. The molecule has 1 aromatic heterocycles. The summed E-state index contributed by atoms with van der Waals surface area (Å²) in [5.74, 6) is -1.68. The number of hydrogen-bond acceptors (Lipinski definition) is 4. The number of hydrogen-bond donors (Lipinski definition) is 2. The van der Waals surface area contributed by atoms with Gasteiger partial charge in [0.2, 0.25) is 0 Å². The van der Waals surface area contributed by atoms with Crippen LogP contribution in [0.25, 0.3) is 0 Å². The molecule has 0 bridgehead atoms. The van der Waals surface area contributed by atoms with Crippen molar-refractivity contribution in [2.45, 2.75) is 6.92 Å². The molecule has 0 unspecified atom stereocenters. The van der Waals surface area contributed by atoms with Crippen LogP contribution in [-0.2, 0) is 9.63 Å². The van der Waals surface area contributed by atoms with Crippen LogP contribution >= 0.6 is 0 Å². The van der Waals surface area contributed by atoms with E-state index in [0.717, 1.165) is 5.56 Å². The minimum Gasteiger partial charge on any atom is -0.479 e. The lowest BCUT2D eigenvalue weighted by Gasteiger charge is -2.03. The lowest BCUT2D eigenvalue weighted by molar-refractivity contribution is -0.144. The topological polar surface area (TPSA) is 88.5 Å². The van der Waals surface area contributed by atoms with E-state index in [4.69, 9.17) is 5.11 Å². The molecule has 80 valence electrons. The molecular formula is C9H10N2O4. The Hall–Kier alpha value is -1.95. The van der Waals surface area contributed by atoms with Crippen molar-refractivity contribution < 1.29 is 19.5 Å². The number of aliphatic carboxylic acids is 1. The summed E-state index contributed by atoms with van der Waals surface area (Å²) in [6.45, 7) is 1.22. The monoisotopic (exact) mass is 210 g/mol. The highest BCUT2D eigenvalue weighted by Gasteiger charge is 2.06. The first kappa shape index (κ1) is 11.1. The predicted octanol–water partition coefficient (Wildman–Crippen LogP) is 0.136. The predicted molar refractivity (Wildman–Crippen MR) is 50.0 cm³/mol. The highest BCUT2D eigenvalue weighted by Crippen LogP contribution is 2.00. The van der Waals surface area contributed by atoms with Crippen molar-refractivity contribution in [3.05, 3.63) is 29.6 Å². The molecule has 0 aromatic carbocycles. The number of carboxylic acids is 1. The summed E-state index contributed by atoms with van der Waals surface area (Å²) in [5.41, 5.74) is 3.15. The number of aromatic nitrogens is 1. The zero-order valence-electron chi connectivity index (χ0n) is 8.06. The zero-order chi connectivity index (χ0) is 11.3. The number of pyridine rings is 1. The normalized spacial score (nSPS) is 9.67. The van der Waals surface area contributed by atoms with Crippen LogP contribution in [0.2, 0.25) is 0 Å². The van der Waals surface area contributed by atoms with Crippen molar-refractivity contribution in [3.63, 3.8) is 0 Å². The van der Waals surface area contributed by atoms with Crippen molar-refractivity contribution in [1.29, 1.82) is 0 Å². The lowest BCUT2D eigenvalue weighted by atomic mass is 10.2. The Kier molecular flexibility index (Phi) is 3.75. The molecule has 0 aliphatic rings. The average molecular weight is 210 g/mol. The molecule has 0 saturated carbocycles. The molecule has 0 saturated heterocycles. The average Bonchev–Trinajstić information content (AvgIpc) is 2.17. The number of nitrogens with zero attached hydrogens (tertiary/aromatic N) is 1. The van der Waals surface area contributed by atoms with Crippen LogP contribution in [0.15, 0.2) is 18.5 Å². The maximum atomic E-state index is 11.3. The van der Waals surface area contributed by atoms with Gasteiger partial charge in [0.1, 0.15) is 0 Å². The third kappa shape index (κ3) is 3.74. The smallest absolute Gasteiger partial charge is 0.332 e. The first-order chi connectivity index (χ1) is 7.09. The molecule has 1 heterocycles. The fourth-order valence-corrected chi connectivity index (χ4v) is 0.901. The fourth-order valence-electron chi connectivity index (χ4n) is 0.901. The summed E-state index contributed by atoms with van der Waals surface area (Å²) in [5, 5.41) is 8.25. The third-order valence-electron chi connectivity index (χ3n) is 1.50. The van der Waals surface area contributed by atoms with Gasteiger partial charge in [-0.1, -0.05) is 0 Å². The van der Waals surface area contributed by atoms with E-state index in [0.29, 0.717) is 5.56 Å². The molecule has 0 aliphatic carbocycles. The van der Waals surface area contributed by atoms with E-state index in [-0.39, 0.29) is 0 Å². The summed E-state index contributed by atoms with van der Waals surface area (Å²) in [4.78, 5) is 29.6. The van der Waals surface area contributed by atoms with Crippen LogP contribution in [0.5, 0.6) is 0 Å². The van der Waals surface area contributed by atoms with Crippen molar-refractivity contribution in [3.8, 4) is 0 Å². The SMILES string of the molecule is Cc1cncc(C(=O)NOCC(=O)O)c1. The quantitative estimate of drug-likeness (QED) is 0.690. The number of carbonyl (C=O) groups is 2. The molecule has 0 atom stereocenters. The second-order valence-electron chi connectivity index (χ2n) is 2.86. The Bertz CT molecular complexity index is 378. The second kappa shape index (κ2) is 5.06. The maximum Gasteiger partial charge on any atom is 0.332 e. The van der Waals surface area contributed by atoms with Gasteiger partial charge in [-0.3, -0.25) is 14.6 Å².